The van der Waals surface area contributed by atoms with Crippen molar-refractivity contribution in [1.29, 1.82) is 0 Å². The van der Waals surface area contributed by atoms with Gasteiger partial charge in [-0.1, -0.05) is 23.2 Å². The van der Waals surface area contributed by atoms with Crippen LogP contribution in [0.5, 0.6) is 0 Å². The van der Waals surface area contributed by atoms with E-state index in [1.165, 1.54) is 6.07 Å². The van der Waals surface area contributed by atoms with E-state index in [9.17, 15) is 13.0 Å². The summed E-state index contributed by atoms with van der Waals surface area (Å²) in [6.45, 7) is 1.66. The summed E-state index contributed by atoms with van der Waals surface area (Å²) < 4.78 is 31.9. The molecular weight excluding hydrogens is 258 g/mol. The van der Waals surface area contributed by atoms with Crippen LogP contribution < -0.4 is 29.6 Å². The monoisotopic (exact) mass is 262 g/mol. The van der Waals surface area contributed by atoms with Crippen LogP contribution in [0.1, 0.15) is 5.56 Å². The largest absolute Gasteiger partial charge is 1.00 e. The van der Waals surface area contributed by atoms with Crippen molar-refractivity contribution in [1.82, 2.24) is 0 Å². The minimum atomic E-state index is -4.54. The third-order valence-corrected chi connectivity index (χ3v) is 3.19. The molecule has 1 aromatic carbocycles. The third-order valence-electron chi connectivity index (χ3n) is 1.48. The number of aryl methyl sites for hydroxylation is 1. The molecule has 3 nitrogen and oxygen atoms in total. The minimum Gasteiger partial charge on any atom is -0.744 e. The number of hydrogen-bond acceptors (Lipinski definition) is 3. The van der Waals surface area contributed by atoms with E-state index in [1.807, 2.05) is 0 Å². The first-order valence-electron chi connectivity index (χ1n) is 3.24. The Balaban J connectivity index is 0.00000169. The summed E-state index contributed by atoms with van der Waals surface area (Å²) in [5.41, 5.74) is 0.624. The molecule has 0 aromatic heterocycles. The van der Waals surface area contributed by atoms with E-state index >= 15 is 0 Å². The van der Waals surface area contributed by atoms with Crippen LogP contribution >= 0.6 is 23.2 Å². The van der Waals surface area contributed by atoms with Crippen LogP contribution in [0.25, 0.3) is 0 Å². The summed E-state index contributed by atoms with van der Waals surface area (Å²) in [6, 6.07) is 2.40. The maximum atomic E-state index is 10.6. The second kappa shape index (κ2) is 5.16. The van der Waals surface area contributed by atoms with Crippen molar-refractivity contribution in [3.05, 3.63) is 27.7 Å². The van der Waals surface area contributed by atoms with Gasteiger partial charge >= 0.3 is 29.6 Å². The number of halogens is 2. The Morgan fingerprint density at radius 1 is 1.21 bits per heavy atom. The molecule has 72 valence electrons. The standard InChI is InChI=1S/C7H6Cl2O3S.Na/c1-4-2-6(9)7(3-5(4)8)13(10,11)12;/h2-3H,1H3,(H,10,11,12);/q;+1/p-1. The topological polar surface area (TPSA) is 57.2 Å². The van der Waals surface area contributed by atoms with Gasteiger partial charge in [0, 0.05) is 5.02 Å². The summed E-state index contributed by atoms with van der Waals surface area (Å²) in [7, 11) is -4.54. The van der Waals surface area contributed by atoms with Gasteiger partial charge in [0.05, 0.1) is 9.92 Å². The maximum absolute atomic E-state index is 10.6. The molecule has 0 unspecified atom stereocenters. The SMILES string of the molecule is Cc1cc(Cl)c(S(=O)(=O)[O-])cc1Cl.[Na+]. The molecule has 1 aromatic rings. The summed E-state index contributed by atoms with van der Waals surface area (Å²) in [4.78, 5) is -0.482. The van der Waals surface area contributed by atoms with E-state index in [4.69, 9.17) is 23.2 Å². The molecule has 0 saturated carbocycles. The van der Waals surface area contributed by atoms with Crippen LogP contribution in [-0.4, -0.2) is 13.0 Å². The van der Waals surface area contributed by atoms with Gasteiger partial charge in [0.25, 0.3) is 0 Å². The molecule has 7 heteroatoms. The quantitative estimate of drug-likeness (QED) is 0.493. The first kappa shape index (κ1) is 14.7. The average molecular weight is 263 g/mol. The van der Waals surface area contributed by atoms with Crippen molar-refractivity contribution in [3.8, 4) is 0 Å². The molecule has 0 atom stereocenters. The fourth-order valence-corrected chi connectivity index (χ4v) is 2.11. The van der Waals surface area contributed by atoms with Crippen molar-refractivity contribution in [3.63, 3.8) is 0 Å². The maximum Gasteiger partial charge on any atom is 1.00 e. The van der Waals surface area contributed by atoms with Gasteiger partial charge in [-0.25, -0.2) is 8.42 Å². The van der Waals surface area contributed by atoms with E-state index in [1.54, 1.807) is 6.92 Å². The molecule has 0 aliphatic rings. The summed E-state index contributed by atoms with van der Waals surface area (Å²) in [5.74, 6) is 0. The summed E-state index contributed by atoms with van der Waals surface area (Å²) in [6.07, 6.45) is 0. The fraction of sp³-hybridized carbons (Fsp3) is 0.143. The van der Waals surface area contributed by atoms with Gasteiger partial charge in [-0.15, -0.1) is 0 Å². The third kappa shape index (κ3) is 3.38. The molecular formula is C7H5Cl2NaO3S. The van der Waals surface area contributed by atoms with Gasteiger partial charge in [-0.2, -0.15) is 0 Å². The normalized spacial score (nSPS) is 10.9. The molecule has 0 radical (unpaired) electrons. The second-order valence-electron chi connectivity index (χ2n) is 2.49. The minimum absolute atomic E-state index is 0. The van der Waals surface area contributed by atoms with Crippen molar-refractivity contribution in [2.45, 2.75) is 11.8 Å². The first-order valence-corrected chi connectivity index (χ1v) is 5.40. The molecule has 0 spiro atoms. The van der Waals surface area contributed by atoms with Crippen LogP contribution in [0.4, 0.5) is 0 Å². The Labute approximate surface area is 114 Å². The van der Waals surface area contributed by atoms with Gasteiger partial charge < -0.3 is 4.55 Å². The van der Waals surface area contributed by atoms with Gasteiger partial charge in [-0.05, 0) is 24.6 Å². The Morgan fingerprint density at radius 3 is 2.14 bits per heavy atom. The molecule has 0 bridgehead atoms. The predicted molar refractivity (Wildman–Crippen MR) is 49.2 cm³/mol. The Hall–Kier alpha value is 0.710. The van der Waals surface area contributed by atoms with Crippen molar-refractivity contribution < 1.29 is 42.5 Å². The number of hydrogen-bond donors (Lipinski definition) is 0. The number of benzene rings is 1. The average Bonchev–Trinajstić information content (AvgIpc) is 1.94. The molecule has 0 amide bonds. The predicted octanol–water partition coefficient (Wildman–Crippen LogP) is -0.790. The van der Waals surface area contributed by atoms with Gasteiger partial charge in [0.1, 0.15) is 10.1 Å². The van der Waals surface area contributed by atoms with E-state index in [2.05, 4.69) is 0 Å². The van der Waals surface area contributed by atoms with Crippen molar-refractivity contribution in [2.75, 3.05) is 0 Å². The van der Waals surface area contributed by atoms with Crippen molar-refractivity contribution in [2.24, 2.45) is 0 Å². The van der Waals surface area contributed by atoms with Crippen LogP contribution in [0.2, 0.25) is 10.0 Å². The van der Waals surface area contributed by atoms with Gasteiger partial charge in [-0.3, -0.25) is 0 Å². The van der Waals surface area contributed by atoms with Crippen LogP contribution in [-0.2, 0) is 10.1 Å². The molecule has 0 aliphatic heterocycles. The first-order chi connectivity index (χ1) is 5.82. The Kier molecular flexibility index (Phi) is 5.43. The van der Waals surface area contributed by atoms with Crippen LogP contribution in [0.3, 0.4) is 0 Å². The molecule has 14 heavy (non-hydrogen) atoms. The zero-order valence-corrected chi connectivity index (χ0v) is 11.9. The number of rotatable bonds is 1. The molecule has 1 rings (SSSR count). The molecule has 0 N–H and O–H groups in total. The zero-order valence-electron chi connectivity index (χ0n) is 7.54. The zero-order chi connectivity index (χ0) is 10.2. The van der Waals surface area contributed by atoms with E-state index in [-0.39, 0.29) is 39.6 Å². The molecule has 0 aliphatic carbocycles. The van der Waals surface area contributed by atoms with E-state index < -0.39 is 15.0 Å². The molecule has 0 heterocycles. The van der Waals surface area contributed by atoms with Gasteiger partial charge in [0.2, 0.25) is 0 Å². The molecule has 0 fully saturated rings. The summed E-state index contributed by atoms with van der Waals surface area (Å²) >= 11 is 11.2. The van der Waals surface area contributed by atoms with Crippen LogP contribution in [0.15, 0.2) is 17.0 Å². The Morgan fingerprint density at radius 2 is 1.71 bits per heavy atom. The van der Waals surface area contributed by atoms with Gasteiger partial charge in [0.15, 0.2) is 0 Å². The van der Waals surface area contributed by atoms with Crippen molar-refractivity contribution >= 4 is 33.3 Å². The van der Waals surface area contributed by atoms with Crippen LogP contribution in [0, 0.1) is 6.92 Å². The molecule has 0 saturated heterocycles. The summed E-state index contributed by atoms with van der Waals surface area (Å²) in [5, 5.41) is 0.107. The Bertz CT molecular complexity index is 444. The van der Waals surface area contributed by atoms with E-state index in [0.29, 0.717) is 5.56 Å². The smallest absolute Gasteiger partial charge is 0.744 e. The van der Waals surface area contributed by atoms with E-state index in [0.717, 1.165) is 6.07 Å². The second-order valence-corrected chi connectivity index (χ2v) is 4.65. The fourth-order valence-electron chi connectivity index (χ4n) is 0.820.